The molecule has 1 saturated heterocycles. The summed E-state index contributed by atoms with van der Waals surface area (Å²) in [4.78, 5) is 13.7. The predicted octanol–water partition coefficient (Wildman–Crippen LogP) is 0.215. The Bertz CT molecular complexity index is 253. The fraction of sp³-hybridized carbons (Fsp3) is 0.917. The lowest BCUT2D eigenvalue weighted by atomic mass is 9.97. The van der Waals surface area contributed by atoms with Gasteiger partial charge in [-0.3, -0.25) is 4.79 Å². The monoisotopic (exact) mass is 226 g/mol. The quantitative estimate of drug-likeness (QED) is 0.721. The normalized spacial score (nSPS) is 30.5. The minimum absolute atomic E-state index is 0.180. The summed E-state index contributed by atoms with van der Waals surface area (Å²) in [7, 11) is 0. The third kappa shape index (κ3) is 3.19. The molecule has 2 aliphatic rings. The largest absolute Gasteiger partial charge is 0.393 e. The highest BCUT2D eigenvalue weighted by Crippen LogP contribution is 2.27. The molecule has 0 radical (unpaired) electrons. The molecule has 1 aliphatic carbocycles. The fourth-order valence-electron chi connectivity index (χ4n) is 2.18. The van der Waals surface area contributed by atoms with Crippen LogP contribution < -0.4 is 5.32 Å². The van der Waals surface area contributed by atoms with E-state index in [0.717, 1.165) is 18.9 Å². The van der Waals surface area contributed by atoms with E-state index in [1.165, 1.54) is 12.8 Å². The van der Waals surface area contributed by atoms with Gasteiger partial charge in [0.15, 0.2) is 0 Å². The fourth-order valence-corrected chi connectivity index (χ4v) is 2.18. The Kier molecular flexibility index (Phi) is 3.82. The molecule has 1 saturated carbocycles. The Balaban J connectivity index is 1.67. The van der Waals surface area contributed by atoms with Crippen molar-refractivity contribution in [3.05, 3.63) is 0 Å². The Morgan fingerprint density at radius 3 is 2.81 bits per heavy atom. The number of hydrogen-bond donors (Lipinski definition) is 2. The highest BCUT2D eigenvalue weighted by Gasteiger charge is 2.27. The highest BCUT2D eigenvalue weighted by atomic mass is 16.3. The summed E-state index contributed by atoms with van der Waals surface area (Å²) in [5.74, 6) is 1.20. The van der Waals surface area contributed by atoms with Crippen molar-refractivity contribution in [3.8, 4) is 0 Å². The van der Waals surface area contributed by atoms with Crippen LogP contribution in [0.3, 0.4) is 0 Å². The molecular formula is C12H22N2O2. The predicted molar refractivity (Wildman–Crippen MR) is 62.0 cm³/mol. The van der Waals surface area contributed by atoms with Crippen molar-refractivity contribution in [2.45, 2.75) is 32.3 Å². The van der Waals surface area contributed by atoms with Crippen molar-refractivity contribution in [2.75, 3.05) is 26.2 Å². The van der Waals surface area contributed by atoms with Gasteiger partial charge >= 0.3 is 0 Å². The molecule has 2 rings (SSSR count). The average Bonchev–Trinajstić information content (AvgIpc) is 3.06. The van der Waals surface area contributed by atoms with Crippen LogP contribution in [0.2, 0.25) is 0 Å². The number of amides is 1. The van der Waals surface area contributed by atoms with Crippen molar-refractivity contribution in [1.29, 1.82) is 0 Å². The molecule has 4 nitrogen and oxygen atoms in total. The van der Waals surface area contributed by atoms with Gasteiger partial charge in [0.05, 0.1) is 12.6 Å². The molecule has 92 valence electrons. The molecule has 2 fully saturated rings. The Morgan fingerprint density at radius 2 is 2.19 bits per heavy atom. The van der Waals surface area contributed by atoms with Crippen LogP contribution in [0.15, 0.2) is 0 Å². The smallest absolute Gasteiger partial charge is 0.236 e. The standard InChI is InChI=1S/C12H22N2O2/c1-9-8-14(5-4-11(9)15)12(16)7-13-6-10-2-3-10/h9-11,13,15H,2-8H2,1H3. The van der Waals surface area contributed by atoms with Crippen LogP contribution in [-0.4, -0.2) is 48.2 Å². The van der Waals surface area contributed by atoms with Crippen LogP contribution in [0.1, 0.15) is 26.2 Å². The molecule has 0 bridgehead atoms. The number of carbonyl (C=O) groups is 1. The number of aliphatic hydroxyl groups is 1. The van der Waals surface area contributed by atoms with Gasteiger partial charge in [-0.1, -0.05) is 6.92 Å². The van der Waals surface area contributed by atoms with Crippen molar-refractivity contribution in [1.82, 2.24) is 10.2 Å². The number of nitrogens with one attached hydrogen (secondary N) is 1. The van der Waals surface area contributed by atoms with E-state index in [1.807, 2.05) is 11.8 Å². The topological polar surface area (TPSA) is 52.6 Å². The van der Waals surface area contributed by atoms with Gasteiger partial charge in [-0.05, 0) is 37.6 Å². The lowest BCUT2D eigenvalue weighted by molar-refractivity contribution is -0.133. The van der Waals surface area contributed by atoms with Crippen LogP contribution in [-0.2, 0) is 4.79 Å². The Labute approximate surface area is 97.0 Å². The maximum atomic E-state index is 11.8. The van der Waals surface area contributed by atoms with Crippen molar-refractivity contribution < 1.29 is 9.90 Å². The summed E-state index contributed by atoms with van der Waals surface area (Å²) in [5.41, 5.74) is 0. The van der Waals surface area contributed by atoms with Crippen molar-refractivity contribution in [3.63, 3.8) is 0 Å². The highest BCUT2D eigenvalue weighted by molar-refractivity contribution is 5.78. The molecule has 0 spiro atoms. The molecule has 0 aromatic heterocycles. The van der Waals surface area contributed by atoms with Gasteiger partial charge in [0.25, 0.3) is 0 Å². The second-order valence-electron chi connectivity index (χ2n) is 5.25. The molecule has 2 atom stereocenters. The summed E-state index contributed by atoms with van der Waals surface area (Å²) in [6.07, 6.45) is 3.11. The van der Waals surface area contributed by atoms with Gasteiger partial charge in [-0.25, -0.2) is 0 Å². The van der Waals surface area contributed by atoms with E-state index in [0.29, 0.717) is 19.6 Å². The van der Waals surface area contributed by atoms with Crippen molar-refractivity contribution >= 4 is 5.91 Å². The molecule has 1 amide bonds. The molecule has 4 heteroatoms. The zero-order chi connectivity index (χ0) is 11.5. The van der Waals surface area contributed by atoms with Crippen LogP contribution in [0.25, 0.3) is 0 Å². The number of rotatable bonds is 4. The number of piperidine rings is 1. The summed E-state index contributed by atoms with van der Waals surface area (Å²) < 4.78 is 0. The van der Waals surface area contributed by atoms with Crippen LogP contribution in [0.4, 0.5) is 0 Å². The maximum absolute atomic E-state index is 11.8. The molecule has 2 N–H and O–H groups in total. The van der Waals surface area contributed by atoms with Crippen LogP contribution in [0, 0.1) is 11.8 Å². The Morgan fingerprint density at radius 1 is 1.44 bits per heavy atom. The van der Waals surface area contributed by atoms with Gasteiger partial charge in [0.2, 0.25) is 5.91 Å². The number of likely N-dealkylation sites (tertiary alicyclic amines) is 1. The van der Waals surface area contributed by atoms with E-state index >= 15 is 0 Å². The van der Waals surface area contributed by atoms with Gasteiger partial charge in [0, 0.05) is 13.1 Å². The first kappa shape index (κ1) is 11.9. The maximum Gasteiger partial charge on any atom is 0.236 e. The summed E-state index contributed by atoms with van der Waals surface area (Å²) in [5, 5.41) is 12.8. The van der Waals surface area contributed by atoms with E-state index in [4.69, 9.17) is 0 Å². The first-order valence-corrected chi connectivity index (χ1v) is 6.33. The van der Waals surface area contributed by atoms with Crippen LogP contribution >= 0.6 is 0 Å². The SMILES string of the molecule is CC1CN(C(=O)CNCC2CC2)CCC1O. The first-order chi connectivity index (χ1) is 7.66. The third-order valence-electron chi connectivity index (χ3n) is 3.62. The summed E-state index contributed by atoms with van der Waals surface area (Å²) >= 11 is 0. The third-order valence-corrected chi connectivity index (χ3v) is 3.62. The zero-order valence-corrected chi connectivity index (χ0v) is 9.98. The van der Waals surface area contributed by atoms with Gasteiger partial charge in [-0.2, -0.15) is 0 Å². The average molecular weight is 226 g/mol. The summed E-state index contributed by atoms with van der Waals surface area (Å²) in [6, 6.07) is 0. The number of carbonyl (C=O) groups excluding carboxylic acids is 1. The van der Waals surface area contributed by atoms with Gasteiger partial charge < -0.3 is 15.3 Å². The lowest BCUT2D eigenvalue weighted by Gasteiger charge is -2.34. The number of aliphatic hydroxyl groups excluding tert-OH is 1. The lowest BCUT2D eigenvalue weighted by Crippen LogP contribution is -2.47. The summed E-state index contributed by atoms with van der Waals surface area (Å²) in [6.45, 7) is 4.85. The minimum atomic E-state index is -0.233. The second kappa shape index (κ2) is 5.15. The molecule has 2 unspecified atom stereocenters. The number of hydrogen-bond acceptors (Lipinski definition) is 3. The molecule has 1 heterocycles. The van der Waals surface area contributed by atoms with Crippen LogP contribution in [0.5, 0.6) is 0 Å². The van der Waals surface area contributed by atoms with E-state index in [1.54, 1.807) is 0 Å². The number of nitrogens with zero attached hydrogens (tertiary/aromatic N) is 1. The van der Waals surface area contributed by atoms with E-state index < -0.39 is 0 Å². The van der Waals surface area contributed by atoms with E-state index in [2.05, 4.69) is 5.32 Å². The minimum Gasteiger partial charge on any atom is -0.393 e. The second-order valence-corrected chi connectivity index (χ2v) is 5.25. The van der Waals surface area contributed by atoms with Gasteiger partial charge in [-0.15, -0.1) is 0 Å². The zero-order valence-electron chi connectivity index (χ0n) is 9.98. The van der Waals surface area contributed by atoms with E-state index in [9.17, 15) is 9.90 Å². The van der Waals surface area contributed by atoms with E-state index in [-0.39, 0.29) is 17.9 Å². The van der Waals surface area contributed by atoms with Gasteiger partial charge in [0.1, 0.15) is 0 Å². The molecule has 0 aromatic carbocycles. The van der Waals surface area contributed by atoms with Crippen molar-refractivity contribution in [2.24, 2.45) is 11.8 Å². The molecule has 1 aliphatic heterocycles. The molecule has 0 aromatic rings. The molecular weight excluding hydrogens is 204 g/mol. The Hall–Kier alpha value is -0.610. The first-order valence-electron chi connectivity index (χ1n) is 6.33. The molecule has 16 heavy (non-hydrogen) atoms.